The van der Waals surface area contributed by atoms with Crippen molar-refractivity contribution in [2.75, 3.05) is 45.7 Å². The fourth-order valence-electron chi connectivity index (χ4n) is 4.95. The maximum atomic E-state index is 6.30. The van der Waals surface area contributed by atoms with Crippen LogP contribution in [0.15, 0.2) is 36.7 Å². The highest BCUT2D eigenvalue weighted by Gasteiger charge is 2.30. The molecule has 2 aromatic carbocycles. The van der Waals surface area contributed by atoms with Crippen LogP contribution in [0.2, 0.25) is 5.02 Å². The second kappa shape index (κ2) is 12.0. The van der Waals surface area contributed by atoms with Gasteiger partial charge in [0, 0.05) is 25.7 Å². The molecule has 2 heterocycles. The van der Waals surface area contributed by atoms with Crippen LogP contribution in [0.5, 0.6) is 23.1 Å². The number of nitrogens with one attached hydrogen (secondary N) is 1. The van der Waals surface area contributed by atoms with E-state index in [0.717, 1.165) is 29.6 Å². The number of piperidine rings is 1. The zero-order valence-corrected chi connectivity index (χ0v) is 22.5. The summed E-state index contributed by atoms with van der Waals surface area (Å²) in [5.74, 6) is 2.31. The van der Waals surface area contributed by atoms with Gasteiger partial charge in [-0.25, -0.2) is 9.97 Å². The maximum absolute atomic E-state index is 6.30. The Hall–Kier alpha value is -2.77. The standard InChI is InChI=1S/C28H37ClN4O3/c1-5-28(6-2)10-13-33(14-11-28)12-7-15-35-26-18-24-21(17-25(26)34-4)27(32-19-31-24)36-20-8-9-23(30-3)22(29)16-20/h8-9,16-19,30H,5-7,10-15H2,1-4H3. The van der Waals surface area contributed by atoms with Gasteiger partial charge in [0.25, 0.3) is 0 Å². The molecule has 0 saturated carbocycles. The molecular weight excluding hydrogens is 476 g/mol. The van der Waals surface area contributed by atoms with Crippen molar-refractivity contribution in [2.24, 2.45) is 5.41 Å². The van der Waals surface area contributed by atoms with E-state index in [9.17, 15) is 0 Å². The minimum atomic E-state index is 0.429. The molecule has 36 heavy (non-hydrogen) atoms. The van der Waals surface area contributed by atoms with Crippen molar-refractivity contribution in [3.63, 3.8) is 0 Å². The van der Waals surface area contributed by atoms with Crippen molar-refractivity contribution in [1.82, 2.24) is 14.9 Å². The highest BCUT2D eigenvalue weighted by Crippen LogP contribution is 2.39. The van der Waals surface area contributed by atoms with Crippen molar-refractivity contribution >= 4 is 28.2 Å². The van der Waals surface area contributed by atoms with Crippen LogP contribution < -0.4 is 19.5 Å². The number of methoxy groups -OCH3 is 1. The number of anilines is 1. The number of aromatic nitrogens is 2. The average Bonchev–Trinajstić information content (AvgIpc) is 2.91. The molecule has 7 nitrogen and oxygen atoms in total. The quantitative estimate of drug-likeness (QED) is 0.283. The summed E-state index contributed by atoms with van der Waals surface area (Å²) in [7, 11) is 3.46. The summed E-state index contributed by atoms with van der Waals surface area (Å²) in [5.41, 5.74) is 2.11. The lowest BCUT2D eigenvalue weighted by Crippen LogP contribution is -2.40. The number of benzene rings is 2. The van der Waals surface area contributed by atoms with Crippen molar-refractivity contribution in [1.29, 1.82) is 0 Å². The van der Waals surface area contributed by atoms with Crippen LogP contribution in [-0.4, -0.2) is 55.3 Å². The van der Waals surface area contributed by atoms with Crippen LogP contribution in [0.4, 0.5) is 5.69 Å². The Morgan fingerprint density at radius 1 is 1.06 bits per heavy atom. The van der Waals surface area contributed by atoms with E-state index >= 15 is 0 Å². The first-order chi connectivity index (χ1) is 17.5. The molecule has 1 aromatic heterocycles. The Balaban J connectivity index is 1.40. The van der Waals surface area contributed by atoms with E-state index in [1.807, 2.05) is 31.3 Å². The number of nitrogens with zero attached hydrogens (tertiary/aromatic N) is 3. The van der Waals surface area contributed by atoms with Crippen molar-refractivity contribution in [3.05, 3.63) is 41.7 Å². The van der Waals surface area contributed by atoms with Gasteiger partial charge in [0.2, 0.25) is 5.88 Å². The molecule has 0 aliphatic carbocycles. The van der Waals surface area contributed by atoms with E-state index in [1.165, 1.54) is 45.1 Å². The van der Waals surface area contributed by atoms with Gasteiger partial charge in [0.05, 0.1) is 35.3 Å². The van der Waals surface area contributed by atoms with Gasteiger partial charge in [0.1, 0.15) is 12.1 Å². The first kappa shape index (κ1) is 26.3. The largest absolute Gasteiger partial charge is 0.493 e. The number of hydrogen-bond donors (Lipinski definition) is 1. The van der Waals surface area contributed by atoms with Gasteiger partial charge in [-0.1, -0.05) is 38.3 Å². The van der Waals surface area contributed by atoms with Gasteiger partial charge in [-0.2, -0.15) is 0 Å². The summed E-state index contributed by atoms with van der Waals surface area (Å²) in [4.78, 5) is 11.3. The van der Waals surface area contributed by atoms with E-state index in [-0.39, 0.29) is 0 Å². The lowest BCUT2D eigenvalue weighted by molar-refractivity contribution is 0.0914. The number of likely N-dealkylation sites (tertiary alicyclic amines) is 1. The number of hydrogen-bond acceptors (Lipinski definition) is 7. The van der Waals surface area contributed by atoms with E-state index in [1.54, 1.807) is 13.2 Å². The van der Waals surface area contributed by atoms with Crippen LogP contribution in [0.25, 0.3) is 10.9 Å². The van der Waals surface area contributed by atoms with Crippen molar-refractivity contribution < 1.29 is 14.2 Å². The van der Waals surface area contributed by atoms with E-state index < -0.39 is 0 Å². The molecule has 0 amide bonds. The first-order valence-corrected chi connectivity index (χ1v) is 13.2. The fraction of sp³-hybridized carbons (Fsp3) is 0.500. The second-order valence-electron chi connectivity index (χ2n) is 9.44. The monoisotopic (exact) mass is 512 g/mol. The minimum Gasteiger partial charge on any atom is -0.493 e. The number of fused-ring (bicyclic) bond motifs is 1. The van der Waals surface area contributed by atoms with Crippen LogP contribution in [0.3, 0.4) is 0 Å². The molecule has 1 aliphatic rings. The summed E-state index contributed by atoms with van der Waals surface area (Å²) in [6.45, 7) is 8.71. The minimum absolute atomic E-state index is 0.429. The molecule has 1 aliphatic heterocycles. The van der Waals surface area contributed by atoms with E-state index in [2.05, 4.69) is 34.0 Å². The molecule has 8 heteroatoms. The Kier molecular flexibility index (Phi) is 8.75. The Bertz CT molecular complexity index is 1160. The van der Waals surface area contributed by atoms with Gasteiger partial charge < -0.3 is 24.4 Å². The third-order valence-electron chi connectivity index (χ3n) is 7.60. The summed E-state index contributed by atoms with van der Waals surface area (Å²) in [5, 5.41) is 4.34. The SMILES string of the molecule is CCC1(CC)CCN(CCCOc2cc3ncnc(Oc4ccc(NC)c(Cl)c4)c3cc2OC)CC1. The highest BCUT2D eigenvalue weighted by atomic mass is 35.5. The summed E-state index contributed by atoms with van der Waals surface area (Å²) in [6, 6.07) is 9.21. The third-order valence-corrected chi connectivity index (χ3v) is 7.91. The van der Waals surface area contributed by atoms with Crippen LogP contribution in [-0.2, 0) is 0 Å². The van der Waals surface area contributed by atoms with Crippen molar-refractivity contribution in [3.8, 4) is 23.1 Å². The number of ether oxygens (including phenoxy) is 3. The fourth-order valence-corrected chi connectivity index (χ4v) is 5.21. The second-order valence-corrected chi connectivity index (χ2v) is 9.85. The van der Waals surface area contributed by atoms with E-state index in [0.29, 0.717) is 40.2 Å². The predicted octanol–water partition coefficient (Wildman–Crippen LogP) is 6.80. The molecule has 1 fully saturated rings. The Morgan fingerprint density at radius 3 is 2.50 bits per heavy atom. The van der Waals surface area contributed by atoms with Gasteiger partial charge in [-0.15, -0.1) is 0 Å². The van der Waals surface area contributed by atoms with Crippen LogP contribution in [0.1, 0.15) is 46.0 Å². The zero-order chi connectivity index (χ0) is 25.5. The molecule has 0 atom stereocenters. The lowest BCUT2D eigenvalue weighted by Gasteiger charge is -2.41. The Morgan fingerprint density at radius 2 is 1.83 bits per heavy atom. The molecule has 0 radical (unpaired) electrons. The number of rotatable bonds is 11. The third kappa shape index (κ3) is 5.95. The molecule has 1 N–H and O–H groups in total. The van der Waals surface area contributed by atoms with Crippen LogP contribution in [0, 0.1) is 5.41 Å². The van der Waals surface area contributed by atoms with Crippen LogP contribution >= 0.6 is 11.6 Å². The van der Waals surface area contributed by atoms with Gasteiger partial charge in [0.15, 0.2) is 11.5 Å². The molecule has 3 aromatic rings. The highest BCUT2D eigenvalue weighted by molar-refractivity contribution is 6.33. The molecule has 4 rings (SSSR count). The predicted molar refractivity (Wildman–Crippen MR) is 146 cm³/mol. The normalized spacial score (nSPS) is 15.6. The smallest absolute Gasteiger partial charge is 0.230 e. The Labute approximate surface area is 219 Å². The average molecular weight is 513 g/mol. The molecule has 1 saturated heterocycles. The molecular formula is C28H37ClN4O3. The van der Waals surface area contributed by atoms with Gasteiger partial charge >= 0.3 is 0 Å². The first-order valence-electron chi connectivity index (χ1n) is 12.8. The summed E-state index contributed by atoms with van der Waals surface area (Å²) in [6.07, 6.45) is 7.63. The molecule has 194 valence electrons. The summed E-state index contributed by atoms with van der Waals surface area (Å²) >= 11 is 6.30. The molecule has 0 bridgehead atoms. The molecule has 0 unspecified atom stereocenters. The van der Waals surface area contributed by atoms with Gasteiger partial charge in [-0.05, 0) is 56.0 Å². The van der Waals surface area contributed by atoms with Gasteiger partial charge in [-0.3, -0.25) is 0 Å². The lowest BCUT2D eigenvalue weighted by atomic mass is 9.74. The van der Waals surface area contributed by atoms with E-state index in [4.69, 9.17) is 25.8 Å². The topological polar surface area (TPSA) is 68.7 Å². The number of halogens is 1. The molecule has 0 spiro atoms. The zero-order valence-electron chi connectivity index (χ0n) is 21.8. The van der Waals surface area contributed by atoms with Crippen molar-refractivity contribution in [2.45, 2.75) is 46.0 Å². The summed E-state index contributed by atoms with van der Waals surface area (Å²) < 4.78 is 17.8. The maximum Gasteiger partial charge on any atom is 0.230 e.